The lowest BCUT2D eigenvalue weighted by Gasteiger charge is -2.17. The van der Waals surface area contributed by atoms with E-state index in [0.717, 1.165) is 4.68 Å². The molecule has 31 heavy (non-hydrogen) atoms. The highest BCUT2D eigenvalue weighted by atomic mass is 19.3. The first-order chi connectivity index (χ1) is 14.3. The van der Waals surface area contributed by atoms with Gasteiger partial charge < -0.3 is 11.1 Å². The molecule has 2 atom stereocenters. The van der Waals surface area contributed by atoms with E-state index >= 15 is 0 Å². The van der Waals surface area contributed by atoms with E-state index in [1.165, 1.54) is 25.3 Å². The second-order valence-corrected chi connectivity index (χ2v) is 8.14. The first-order valence-corrected chi connectivity index (χ1v) is 9.69. The molecule has 2 aromatic rings. The molecule has 0 spiro atoms. The highest BCUT2D eigenvalue weighted by Gasteiger charge is 2.45. The maximum absolute atomic E-state index is 14.1. The Bertz CT molecular complexity index is 1020. The van der Waals surface area contributed by atoms with E-state index in [1.54, 1.807) is 6.92 Å². The van der Waals surface area contributed by atoms with Gasteiger partial charge in [0.05, 0.1) is 0 Å². The van der Waals surface area contributed by atoms with Gasteiger partial charge in [0.2, 0.25) is 5.92 Å². The SMILES string of the molecule is Cc1c(C(C)(F)F)nn(C[C@@H]2CC(F)(F)CC2C)c1C(=O)Nc1ccnc(C(N)=O)c1. The molecule has 0 radical (unpaired) electrons. The average Bonchev–Trinajstić information content (AvgIpc) is 3.10. The van der Waals surface area contributed by atoms with Crippen LogP contribution in [0.25, 0.3) is 0 Å². The maximum atomic E-state index is 14.1. The van der Waals surface area contributed by atoms with Crippen molar-refractivity contribution in [2.24, 2.45) is 17.6 Å². The van der Waals surface area contributed by atoms with Crippen molar-refractivity contribution in [3.8, 4) is 0 Å². The monoisotopic (exact) mass is 441 g/mol. The third-order valence-corrected chi connectivity index (χ3v) is 5.48. The Balaban J connectivity index is 1.96. The molecule has 1 aliphatic rings. The summed E-state index contributed by atoms with van der Waals surface area (Å²) in [5, 5.41) is 6.42. The van der Waals surface area contributed by atoms with E-state index in [2.05, 4.69) is 15.4 Å². The van der Waals surface area contributed by atoms with Crippen molar-refractivity contribution < 1.29 is 27.2 Å². The van der Waals surface area contributed by atoms with Gasteiger partial charge in [-0.25, -0.2) is 8.78 Å². The molecule has 11 heteroatoms. The van der Waals surface area contributed by atoms with Gasteiger partial charge in [-0.2, -0.15) is 13.9 Å². The molecule has 2 aromatic heterocycles. The van der Waals surface area contributed by atoms with Crippen LogP contribution in [0.3, 0.4) is 0 Å². The molecule has 1 unspecified atom stereocenters. The fourth-order valence-corrected chi connectivity index (χ4v) is 3.99. The van der Waals surface area contributed by atoms with Crippen molar-refractivity contribution in [2.75, 3.05) is 5.32 Å². The molecule has 1 aliphatic carbocycles. The fraction of sp³-hybridized carbons (Fsp3) is 0.500. The molecule has 2 heterocycles. The summed E-state index contributed by atoms with van der Waals surface area (Å²) in [5.41, 5.74) is 4.46. The van der Waals surface area contributed by atoms with Crippen LogP contribution >= 0.6 is 0 Å². The van der Waals surface area contributed by atoms with Gasteiger partial charge in [-0.1, -0.05) is 6.92 Å². The zero-order valence-electron chi connectivity index (χ0n) is 17.3. The molecule has 1 fully saturated rings. The number of carbonyl (C=O) groups excluding carboxylic acids is 2. The summed E-state index contributed by atoms with van der Waals surface area (Å²) in [5.74, 6) is -8.62. The number of nitrogens with one attached hydrogen (secondary N) is 1. The summed E-state index contributed by atoms with van der Waals surface area (Å²) >= 11 is 0. The summed E-state index contributed by atoms with van der Waals surface area (Å²) in [6, 6.07) is 2.64. The molecule has 0 bridgehead atoms. The lowest BCUT2D eigenvalue weighted by molar-refractivity contribution is 0.00181. The number of carbonyl (C=O) groups is 2. The topological polar surface area (TPSA) is 103 Å². The number of pyridine rings is 1. The number of primary amides is 1. The maximum Gasteiger partial charge on any atom is 0.289 e. The first-order valence-electron chi connectivity index (χ1n) is 9.69. The molecular formula is C20H23F4N5O2. The van der Waals surface area contributed by atoms with Crippen molar-refractivity contribution >= 4 is 17.5 Å². The number of halogens is 4. The molecule has 7 nitrogen and oxygen atoms in total. The summed E-state index contributed by atoms with van der Waals surface area (Å²) in [6.45, 7) is 3.56. The highest BCUT2D eigenvalue weighted by molar-refractivity contribution is 6.04. The number of hydrogen-bond donors (Lipinski definition) is 2. The number of alkyl halides is 4. The van der Waals surface area contributed by atoms with E-state index in [4.69, 9.17) is 5.73 Å². The van der Waals surface area contributed by atoms with Crippen molar-refractivity contribution in [3.05, 3.63) is 41.0 Å². The van der Waals surface area contributed by atoms with Crippen LogP contribution in [0.4, 0.5) is 23.2 Å². The highest BCUT2D eigenvalue weighted by Crippen LogP contribution is 2.44. The van der Waals surface area contributed by atoms with Crippen LogP contribution < -0.4 is 11.1 Å². The van der Waals surface area contributed by atoms with Crippen LogP contribution in [0.15, 0.2) is 18.3 Å². The Kier molecular flexibility index (Phi) is 5.81. The third-order valence-electron chi connectivity index (χ3n) is 5.48. The smallest absolute Gasteiger partial charge is 0.289 e. The number of nitrogens with zero attached hydrogens (tertiary/aromatic N) is 3. The van der Waals surface area contributed by atoms with E-state index in [1.807, 2.05) is 0 Å². The Morgan fingerprint density at radius 3 is 2.58 bits per heavy atom. The van der Waals surface area contributed by atoms with Gasteiger partial charge in [-0.3, -0.25) is 19.3 Å². The average molecular weight is 441 g/mol. The third kappa shape index (κ3) is 4.86. The van der Waals surface area contributed by atoms with Crippen LogP contribution in [0.5, 0.6) is 0 Å². The first kappa shape index (κ1) is 22.7. The van der Waals surface area contributed by atoms with E-state index in [9.17, 15) is 27.2 Å². The van der Waals surface area contributed by atoms with E-state index in [0.29, 0.717) is 6.92 Å². The number of amides is 2. The second-order valence-electron chi connectivity index (χ2n) is 8.14. The normalized spacial score (nSPS) is 20.6. The van der Waals surface area contributed by atoms with Crippen LogP contribution in [0.1, 0.15) is 58.9 Å². The molecule has 3 rings (SSSR count). The molecular weight excluding hydrogens is 418 g/mol. The Hall–Kier alpha value is -2.98. The van der Waals surface area contributed by atoms with Gasteiger partial charge in [0.1, 0.15) is 17.1 Å². The number of nitrogens with two attached hydrogens (primary N) is 1. The van der Waals surface area contributed by atoms with Gasteiger partial charge in [-0.05, 0) is 30.9 Å². The predicted molar refractivity (Wildman–Crippen MR) is 104 cm³/mol. The van der Waals surface area contributed by atoms with Gasteiger partial charge >= 0.3 is 0 Å². The summed E-state index contributed by atoms with van der Waals surface area (Å²) in [7, 11) is 0. The van der Waals surface area contributed by atoms with Crippen LogP contribution in [-0.2, 0) is 12.5 Å². The minimum atomic E-state index is -3.33. The molecule has 2 amide bonds. The number of rotatable bonds is 6. The summed E-state index contributed by atoms with van der Waals surface area (Å²) < 4.78 is 56.8. The zero-order valence-corrected chi connectivity index (χ0v) is 17.3. The van der Waals surface area contributed by atoms with Crippen LogP contribution in [0, 0.1) is 18.8 Å². The van der Waals surface area contributed by atoms with E-state index < -0.39 is 41.7 Å². The summed E-state index contributed by atoms with van der Waals surface area (Å²) in [6.07, 6.45) is 0.551. The van der Waals surface area contributed by atoms with Gasteiger partial charge in [0, 0.05) is 43.8 Å². The quantitative estimate of drug-likeness (QED) is 0.667. The molecule has 0 saturated heterocycles. The standard InChI is InChI=1S/C20H23F4N5O2/c1-10-7-20(23,24)8-12(10)9-29-15(11(2)16(28-29)19(3,21)22)18(31)27-13-4-5-26-14(6-13)17(25)30/h4-6,10,12H,7-9H2,1-3H3,(H2,25,30)(H,26,27,31)/t10?,12-/m0/s1. The zero-order chi connectivity index (χ0) is 23.1. The predicted octanol–water partition coefficient (Wildman–Crippen LogP) is 3.73. The Labute approximate surface area is 176 Å². The van der Waals surface area contributed by atoms with Gasteiger partial charge in [0.15, 0.2) is 0 Å². The van der Waals surface area contributed by atoms with Crippen molar-refractivity contribution in [1.29, 1.82) is 0 Å². The molecule has 0 aromatic carbocycles. The van der Waals surface area contributed by atoms with Crippen molar-refractivity contribution in [1.82, 2.24) is 14.8 Å². The number of aromatic nitrogens is 3. The molecule has 168 valence electrons. The van der Waals surface area contributed by atoms with Crippen molar-refractivity contribution in [3.63, 3.8) is 0 Å². The summed E-state index contributed by atoms with van der Waals surface area (Å²) in [4.78, 5) is 28.0. The van der Waals surface area contributed by atoms with Gasteiger partial charge in [0.25, 0.3) is 17.7 Å². The molecule has 1 saturated carbocycles. The minimum absolute atomic E-state index is 0.0495. The van der Waals surface area contributed by atoms with E-state index in [-0.39, 0.29) is 41.5 Å². The number of hydrogen-bond acceptors (Lipinski definition) is 4. The fourth-order valence-electron chi connectivity index (χ4n) is 3.99. The molecule has 0 aliphatic heterocycles. The molecule has 3 N–H and O–H groups in total. The largest absolute Gasteiger partial charge is 0.364 e. The second kappa shape index (κ2) is 7.93. The van der Waals surface area contributed by atoms with Gasteiger partial charge in [-0.15, -0.1) is 0 Å². The Morgan fingerprint density at radius 1 is 1.35 bits per heavy atom. The van der Waals surface area contributed by atoms with Crippen LogP contribution in [-0.4, -0.2) is 32.5 Å². The lowest BCUT2D eigenvalue weighted by atomic mass is 9.98. The lowest BCUT2D eigenvalue weighted by Crippen LogP contribution is -2.23. The van der Waals surface area contributed by atoms with Crippen LogP contribution in [0.2, 0.25) is 0 Å². The number of anilines is 1. The van der Waals surface area contributed by atoms with Crippen molar-refractivity contribution in [2.45, 2.75) is 52.0 Å². The Morgan fingerprint density at radius 2 is 2.03 bits per heavy atom. The minimum Gasteiger partial charge on any atom is -0.364 e.